The molecule has 0 bridgehead atoms. The Labute approximate surface area is 97.0 Å². The van der Waals surface area contributed by atoms with E-state index >= 15 is 0 Å². The maximum absolute atomic E-state index is 5.90. The molecule has 3 nitrogen and oxygen atoms in total. The molecule has 1 aromatic carbocycles. The van der Waals surface area contributed by atoms with E-state index in [0.29, 0.717) is 6.61 Å². The fraction of sp³-hybridized carbons (Fsp3) is 0.538. The van der Waals surface area contributed by atoms with Crippen LogP contribution < -0.4 is 9.47 Å². The van der Waals surface area contributed by atoms with E-state index in [1.165, 1.54) is 0 Å². The summed E-state index contributed by atoms with van der Waals surface area (Å²) < 4.78 is 11.6. The van der Waals surface area contributed by atoms with Gasteiger partial charge in [0, 0.05) is 6.54 Å². The van der Waals surface area contributed by atoms with Gasteiger partial charge in [0.05, 0.1) is 0 Å². The van der Waals surface area contributed by atoms with Crippen molar-refractivity contribution in [3.63, 3.8) is 0 Å². The molecule has 0 unspecified atom stereocenters. The molecule has 16 heavy (non-hydrogen) atoms. The smallest absolute Gasteiger partial charge is 0.161 e. The van der Waals surface area contributed by atoms with Gasteiger partial charge < -0.3 is 14.4 Å². The molecule has 0 spiro atoms. The molecule has 1 aliphatic heterocycles. The first kappa shape index (κ1) is 11.3. The van der Waals surface area contributed by atoms with Crippen LogP contribution in [-0.4, -0.2) is 37.2 Å². The van der Waals surface area contributed by atoms with Crippen LogP contribution in [0.5, 0.6) is 11.5 Å². The van der Waals surface area contributed by atoms with Crippen LogP contribution >= 0.6 is 0 Å². The van der Waals surface area contributed by atoms with Gasteiger partial charge in [0.15, 0.2) is 11.5 Å². The second-order valence-corrected chi connectivity index (χ2v) is 3.98. The molecule has 0 N–H and O–H groups in total. The number of fused-ring (bicyclic) bond motifs is 1. The zero-order chi connectivity index (χ0) is 11.4. The molecule has 88 valence electrons. The lowest BCUT2D eigenvalue weighted by molar-refractivity contribution is 0.0615. The Bertz CT molecular complexity index is 336. The third-order valence-electron chi connectivity index (χ3n) is 2.92. The molecule has 1 heterocycles. The van der Waals surface area contributed by atoms with Crippen LogP contribution in [0.2, 0.25) is 0 Å². The maximum Gasteiger partial charge on any atom is 0.161 e. The van der Waals surface area contributed by atoms with Gasteiger partial charge in [0.1, 0.15) is 12.7 Å². The fourth-order valence-electron chi connectivity index (χ4n) is 1.92. The number of hydrogen-bond acceptors (Lipinski definition) is 3. The minimum absolute atomic E-state index is 0.148. The van der Waals surface area contributed by atoms with E-state index in [2.05, 4.69) is 18.7 Å². The highest BCUT2D eigenvalue weighted by atomic mass is 16.6. The standard InChI is InChI=1S/C13H19NO2/c1-3-14(4-2)9-11-10-15-12-7-5-6-8-13(12)16-11/h5-8,11H,3-4,9-10H2,1-2H3/t11-/m0/s1. The molecule has 1 atom stereocenters. The quantitative estimate of drug-likeness (QED) is 0.777. The summed E-state index contributed by atoms with van der Waals surface area (Å²) in [7, 11) is 0. The van der Waals surface area contributed by atoms with Gasteiger partial charge in [-0.2, -0.15) is 0 Å². The Balaban J connectivity index is 1.97. The summed E-state index contributed by atoms with van der Waals surface area (Å²) in [5, 5.41) is 0. The Kier molecular flexibility index (Phi) is 3.67. The molecular formula is C13H19NO2. The van der Waals surface area contributed by atoms with E-state index in [0.717, 1.165) is 31.1 Å². The summed E-state index contributed by atoms with van der Waals surface area (Å²) in [4.78, 5) is 2.35. The summed E-state index contributed by atoms with van der Waals surface area (Å²) in [5.74, 6) is 1.73. The van der Waals surface area contributed by atoms with Crippen LogP contribution in [0.1, 0.15) is 13.8 Å². The molecule has 0 saturated carbocycles. The van der Waals surface area contributed by atoms with Crippen LogP contribution in [0.15, 0.2) is 24.3 Å². The normalized spacial score (nSPS) is 18.8. The summed E-state index contributed by atoms with van der Waals surface area (Å²) >= 11 is 0. The van der Waals surface area contributed by atoms with Crippen molar-refractivity contribution in [1.29, 1.82) is 0 Å². The Hall–Kier alpha value is -1.22. The van der Waals surface area contributed by atoms with E-state index in [4.69, 9.17) is 9.47 Å². The lowest BCUT2D eigenvalue weighted by atomic mass is 10.2. The lowest BCUT2D eigenvalue weighted by Gasteiger charge is -2.30. The summed E-state index contributed by atoms with van der Waals surface area (Å²) in [6, 6.07) is 7.85. The Morgan fingerprint density at radius 3 is 2.56 bits per heavy atom. The minimum Gasteiger partial charge on any atom is -0.486 e. The molecule has 0 radical (unpaired) electrons. The third kappa shape index (κ3) is 2.47. The highest BCUT2D eigenvalue weighted by Gasteiger charge is 2.21. The molecular weight excluding hydrogens is 202 g/mol. The number of benzene rings is 1. The molecule has 0 fully saturated rings. The summed E-state index contributed by atoms with van der Waals surface area (Å²) in [6.45, 7) is 8.02. The predicted molar refractivity (Wildman–Crippen MR) is 64.1 cm³/mol. The van der Waals surface area contributed by atoms with Crippen molar-refractivity contribution in [1.82, 2.24) is 4.90 Å². The Morgan fingerprint density at radius 2 is 1.88 bits per heavy atom. The molecule has 0 amide bonds. The molecule has 1 aromatic rings. The molecule has 3 heteroatoms. The zero-order valence-corrected chi connectivity index (χ0v) is 9.98. The van der Waals surface area contributed by atoms with Gasteiger partial charge in [0.2, 0.25) is 0 Å². The predicted octanol–water partition coefficient (Wildman–Crippen LogP) is 2.17. The van der Waals surface area contributed by atoms with Crippen molar-refractivity contribution in [2.45, 2.75) is 20.0 Å². The number of hydrogen-bond donors (Lipinski definition) is 0. The molecule has 1 aliphatic rings. The highest BCUT2D eigenvalue weighted by molar-refractivity contribution is 5.40. The molecule has 0 saturated heterocycles. The summed E-state index contributed by atoms with van der Waals surface area (Å²) in [5.41, 5.74) is 0. The van der Waals surface area contributed by atoms with Crippen molar-refractivity contribution in [2.24, 2.45) is 0 Å². The zero-order valence-electron chi connectivity index (χ0n) is 9.98. The van der Waals surface area contributed by atoms with Crippen molar-refractivity contribution < 1.29 is 9.47 Å². The second-order valence-electron chi connectivity index (χ2n) is 3.98. The number of rotatable bonds is 4. The molecule has 2 rings (SSSR count). The van der Waals surface area contributed by atoms with E-state index < -0.39 is 0 Å². The Morgan fingerprint density at radius 1 is 1.19 bits per heavy atom. The van der Waals surface area contributed by atoms with E-state index in [-0.39, 0.29) is 6.10 Å². The topological polar surface area (TPSA) is 21.7 Å². The van der Waals surface area contributed by atoms with E-state index in [9.17, 15) is 0 Å². The first-order valence-electron chi connectivity index (χ1n) is 5.94. The van der Waals surface area contributed by atoms with Crippen LogP contribution in [-0.2, 0) is 0 Å². The number of likely N-dealkylation sites (N-methyl/N-ethyl adjacent to an activating group) is 1. The fourth-order valence-corrected chi connectivity index (χ4v) is 1.92. The van der Waals surface area contributed by atoms with Gasteiger partial charge in [-0.3, -0.25) is 0 Å². The molecule has 0 aromatic heterocycles. The van der Waals surface area contributed by atoms with Crippen molar-refractivity contribution >= 4 is 0 Å². The first-order chi connectivity index (χ1) is 7.83. The van der Waals surface area contributed by atoms with Gasteiger partial charge in [0.25, 0.3) is 0 Å². The monoisotopic (exact) mass is 221 g/mol. The average Bonchev–Trinajstić information content (AvgIpc) is 2.35. The van der Waals surface area contributed by atoms with Crippen LogP contribution in [0, 0.1) is 0 Å². The van der Waals surface area contributed by atoms with Gasteiger partial charge in [-0.1, -0.05) is 26.0 Å². The lowest BCUT2D eigenvalue weighted by Crippen LogP contribution is -2.40. The maximum atomic E-state index is 5.90. The first-order valence-corrected chi connectivity index (χ1v) is 5.94. The minimum atomic E-state index is 0.148. The number of ether oxygens (including phenoxy) is 2. The van der Waals surface area contributed by atoms with Gasteiger partial charge in [-0.25, -0.2) is 0 Å². The third-order valence-corrected chi connectivity index (χ3v) is 2.92. The van der Waals surface area contributed by atoms with Crippen molar-refractivity contribution in [2.75, 3.05) is 26.2 Å². The van der Waals surface area contributed by atoms with Crippen molar-refractivity contribution in [3.05, 3.63) is 24.3 Å². The SMILES string of the molecule is CCN(CC)C[C@H]1COc2ccccc2O1. The summed E-state index contributed by atoms with van der Waals surface area (Å²) in [6.07, 6.45) is 0.148. The van der Waals surface area contributed by atoms with E-state index in [1.54, 1.807) is 0 Å². The average molecular weight is 221 g/mol. The van der Waals surface area contributed by atoms with Crippen LogP contribution in [0.25, 0.3) is 0 Å². The largest absolute Gasteiger partial charge is 0.486 e. The second kappa shape index (κ2) is 5.21. The number of para-hydroxylation sites is 2. The van der Waals surface area contributed by atoms with Crippen molar-refractivity contribution in [3.8, 4) is 11.5 Å². The van der Waals surface area contributed by atoms with Gasteiger partial charge >= 0.3 is 0 Å². The van der Waals surface area contributed by atoms with Gasteiger partial charge in [-0.05, 0) is 25.2 Å². The molecule has 0 aliphatic carbocycles. The van der Waals surface area contributed by atoms with Crippen LogP contribution in [0.3, 0.4) is 0 Å². The van der Waals surface area contributed by atoms with E-state index in [1.807, 2.05) is 24.3 Å². The van der Waals surface area contributed by atoms with Crippen LogP contribution in [0.4, 0.5) is 0 Å². The number of nitrogens with zero attached hydrogens (tertiary/aromatic N) is 1. The van der Waals surface area contributed by atoms with Gasteiger partial charge in [-0.15, -0.1) is 0 Å². The highest BCUT2D eigenvalue weighted by Crippen LogP contribution is 2.30.